The number of hydrogen-bond donors (Lipinski definition) is 0. The van der Waals surface area contributed by atoms with Crippen molar-refractivity contribution >= 4 is 40.9 Å². The van der Waals surface area contributed by atoms with Gasteiger partial charge in [-0.15, -0.1) is 0 Å². The first kappa shape index (κ1) is 22.3. The van der Waals surface area contributed by atoms with E-state index < -0.39 is 4.92 Å². The molecule has 30 heavy (non-hydrogen) atoms. The number of nitro groups is 1. The molecule has 0 aliphatic carbocycles. The molecule has 1 fully saturated rings. The average Bonchev–Trinajstić information content (AvgIpc) is 2.71. The molecule has 1 heterocycles. The fourth-order valence-corrected chi connectivity index (χ4v) is 3.90. The summed E-state index contributed by atoms with van der Waals surface area (Å²) in [6.45, 7) is 6.30. The molecule has 1 amide bonds. The molecule has 158 valence electrons. The third-order valence-electron chi connectivity index (χ3n) is 5.28. The number of nitrogens with zero attached hydrogens (tertiary/aromatic N) is 3. The predicted octanol–water partition coefficient (Wildman–Crippen LogP) is 5.04. The van der Waals surface area contributed by atoms with Crippen molar-refractivity contribution in [1.29, 1.82) is 0 Å². The molecule has 0 N–H and O–H groups in total. The lowest BCUT2D eigenvalue weighted by Gasteiger charge is -2.44. The van der Waals surface area contributed by atoms with E-state index >= 15 is 0 Å². The van der Waals surface area contributed by atoms with E-state index in [2.05, 4.69) is 11.8 Å². The van der Waals surface area contributed by atoms with Gasteiger partial charge in [0.2, 0.25) is 5.91 Å². The Labute approximate surface area is 185 Å². The first-order valence-electron chi connectivity index (χ1n) is 9.65. The van der Waals surface area contributed by atoms with Crippen LogP contribution in [-0.2, 0) is 11.3 Å². The summed E-state index contributed by atoms with van der Waals surface area (Å²) in [6.07, 6.45) is 3.05. The van der Waals surface area contributed by atoms with Gasteiger partial charge in [-0.25, -0.2) is 0 Å². The minimum Gasteiger partial charge on any atom is -0.334 e. The van der Waals surface area contributed by atoms with Crippen LogP contribution in [0.3, 0.4) is 0 Å². The normalized spacial score (nSPS) is 19.9. The van der Waals surface area contributed by atoms with E-state index in [9.17, 15) is 14.9 Å². The molecule has 2 atom stereocenters. The number of hydrogen-bond acceptors (Lipinski definition) is 4. The summed E-state index contributed by atoms with van der Waals surface area (Å²) in [4.78, 5) is 27.4. The van der Waals surface area contributed by atoms with Crippen LogP contribution in [-0.4, -0.2) is 45.8 Å². The largest absolute Gasteiger partial charge is 0.334 e. The maximum absolute atomic E-state index is 12.8. The summed E-state index contributed by atoms with van der Waals surface area (Å²) < 4.78 is 0. The van der Waals surface area contributed by atoms with E-state index in [0.29, 0.717) is 17.1 Å². The number of rotatable bonds is 5. The Balaban J connectivity index is 1.65. The highest BCUT2D eigenvalue weighted by Gasteiger charge is 2.31. The van der Waals surface area contributed by atoms with E-state index in [1.807, 2.05) is 36.1 Å². The van der Waals surface area contributed by atoms with Crippen LogP contribution < -0.4 is 0 Å². The van der Waals surface area contributed by atoms with Crippen molar-refractivity contribution < 1.29 is 9.72 Å². The zero-order valence-electron chi connectivity index (χ0n) is 16.8. The second kappa shape index (κ2) is 9.60. The van der Waals surface area contributed by atoms with Gasteiger partial charge in [-0.05, 0) is 49.2 Å². The highest BCUT2D eigenvalue weighted by molar-refractivity contribution is 6.32. The van der Waals surface area contributed by atoms with Crippen LogP contribution in [0.15, 0.2) is 48.5 Å². The van der Waals surface area contributed by atoms with E-state index in [1.54, 1.807) is 12.1 Å². The van der Waals surface area contributed by atoms with E-state index in [1.165, 1.54) is 23.8 Å². The molecule has 2 aromatic carbocycles. The number of carbonyl (C=O) groups is 1. The van der Waals surface area contributed by atoms with Gasteiger partial charge < -0.3 is 4.90 Å². The standard InChI is InChI=1S/C22H23Cl2N3O3/c1-15-13-26(16(2)12-25(15)14-18-3-7-19(23)8-4-18)22(28)10-6-17-5-9-20(24)21(11-17)27(29)30/h3-11,15-16H,12-14H2,1-2H3/t15-,16+/m1/s1. The zero-order valence-corrected chi connectivity index (χ0v) is 18.3. The number of nitro benzene ring substituents is 1. The number of halogens is 2. The Kier molecular flexibility index (Phi) is 7.13. The first-order chi connectivity index (χ1) is 14.2. The van der Waals surface area contributed by atoms with Crippen LogP contribution in [0.1, 0.15) is 25.0 Å². The fourth-order valence-electron chi connectivity index (χ4n) is 3.59. The molecular formula is C22H23Cl2N3O3. The van der Waals surface area contributed by atoms with Gasteiger partial charge in [0.15, 0.2) is 0 Å². The minimum atomic E-state index is -0.537. The summed E-state index contributed by atoms with van der Waals surface area (Å²) in [5.41, 5.74) is 1.56. The van der Waals surface area contributed by atoms with Gasteiger partial charge in [0.1, 0.15) is 5.02 Å². The molecule has 0 spiro atoms. The van der Waals surface area contributed by atoms with Crippen LogP contribution >= 0.6 is 23.2 Å². The van der Waals surface area contributed by atoms with Crippen LogP contribution in [0.25, 0.3) is 6.08 Å². The highest BCUT2D eigenvalue weighted by Crippen LogP contribution is 2.26. The maximum atomic E-state index is 12.8. The smallest absolute Gasteiger partial charge is 0.288 e. The van der Waals surface area contributed by atoms with Gasteiger partial charge in [-0.1, -0.05) is 41.4 Å². The van der Waals surface area contributed by atoms with Crippen molar-refractivity contribution in [2.45, 2.75) is 32.5 Å². The van der Waals surface area contributed by atoms with Crippen LogP contribution in [0.4, 0.5) is 5.69 Å². The van der Waals surface area contributed by atoms with Gasteiger partial charge in [-0.3, -0.25) is 19.8 Å². The molecule has 0 aromatic heterocycles. The summed E-state index contributed by atoms with van der Waals surface area (Å²) in [5, 5.41) is 11.8. The second-order valence-corrected chi connectivity index (χ2v) is 8.39. The maximum Gasteiger partial charge on any atom is 0.288 e. The third kappa shape index (κ3) is 5.39. The molecule has 1 aliphatic rings. The van der Waals surface area contributed by atoms with Gasteiger partial charge in [0.05, 0.1) is 4.92 Å². The van der Waals surface area contributed by atoms with Gasteiger partial charge >= 0.3 is 0 Å². The van der Waals surface area contributed by atoms with Crippen molar-refractivity contribution in [1.82, 2.24) is 9.80 Å². The molecule has 0 unspecified atom stereocenters. The van der Waals surface area contributed by atoms with Gasteiger partial charge in [0, 0.05) is 48.9 Å². The number of benzene rings is 2. The highest BCUT2D eigenvalue weighted by atomic mass is 35.5. The van der Waals surface area contributed by atoms with Crippen molar-refractivity contribution in [2.75, 3.05) is 13.1 Å². The average molecular weight is 448 g/mol. The zero-order chi connectivity index (χ0) is 21.8. The topological polar surface area (TPSA) is 66.7 Å². The van der Waals surface area contributed by atoms with Crippen molar-refractivity contribution in [3.8, 4) is 0 Å². The molecule has 1 aliphatic heterocycles. The predicted molar refractivity (Wildman–Crippen MR) is 120 cm³/mol. The van der Waals surface area contributed by atoms with Gasteiger partial charge in [0.25, 0.3) is 5.69 Å². The fraction of sp³-hybridized carbons (Fsp3) is 0.318. The summed E-state index contributed by atoms with van der Waals surface area (Å²) in [7, 11) is 0. The van der Waals surface area contributed by atoms with Crippen LogP contribution in [0, 0.1) is 10.1 Å². The molecule has 8 heteroatoms. The molecule has 1 saturated heterocycles. The Bertz CT molecular complexity index is 963. The van der Waals surface area contributed by atoms with Crippen LogP contribution in [0.2, 0.25) is 10.0 Å². The molecule has 6 nitrogen and oxygen atoms in total. The molecule has 0 bridgehead atoms. The Morgan fingerprint density at radius 2 is 1.83 bits per heavy atom. The van der Waals surface area contributed by atoms with Gasteiger partial charge in [-0.2, -0.15) is 0 Å². The number of amides is 1. The Morgan fingerprint density at radius 3 is 2.50 bits per heavy atom. The Hall–Kier alpha value is -2.41. The lowest BCUT2D eigenvalue weighted by Crippen LogP contribution is -2.57. The van der Waals surface area contributed by atoms with Crippen molar-refractivity contribution in [2.24, 2.45) is 0 Å². The number of carbonyl (C=O) groups excluding carboxylic acids is 1. The third-order valence-corrected chi connectivity index (χ3v) is 5.85. The van der Waals surface area contributed by atoms with E-state index in [-0.39, 0.29) is 28.7 Å². The lowest BCUT2D eigenvalue weighted by atomic mass is 10.1. The summed E-state index contributed by atoms with van der Waals surface area (Å²) >= 11 is 11.8. The summed E-state index contributed by atoms with van der Waals surface area (Å²) in [5.74, 6) is -0.113. The quantitative estimate of drug-likeness (QED) is 0.365. The van der Waals surface area contributed by atoms with Crippen LogP contribution in [0.5, 0.6) is 0 Å². The summed E-state index contributed by atoms with van der Waals surface area (Å²) in [6, 6.07) is 12.5. The SMILES string of the molecule is C[C@@H]1CN(C(=O)C=Cc2ccc(Cl)c([N+](=O)[O-])c2)[C@@H](C)CN1Cc1ccc(Cl)cc1. The van der Waals surface area contributed by atoms with E-state index in [4.69, 9.17) is 23.2 Å². The minimum absolute atomic E-state index is 0.0465. The van der Waals surface area contributed by atoms with E-state index in [0.717, 1.165) is 13.1 Å². The number of piperazine rings is 1. The molecule has 3 rings (SSSR count). The van der Waals surface area contributed by atoms with Crippen molar-refractivity contribution in [3.63, 3.8) is 0 Å². The van der Waals surface area contributed by atoms with Crippen molar-refractivity contribution in [3.05, 3.63) is 79.8 Å². The molecular weight excluding hydrogens is 425 g/mol. The molecule has 0 radical (unpaired) electrons. The molecule has 0 saturated carbocycles. The second-order valence-electron chi connectivity index (χ2n) is 7.55. The monoisotopic (exact) mass is 447 g/mol. The Morgan fingerprint density at radius 1 is 1.13 bits per heavy atom. The molecule has 2 aromatic rings. The lowest BCUT2D eigenvalue weighted by molar-refractivity contribution is -0.384. The first-order valence-corrected chi connectivity index (χ1v) is 10.4.